The Labute approximate surface area is 119 Å². The van der Waals surface area contributed by atoms with Crippen LogP contribution in [0.15, 0.2) is 42.5 Å². The van der Waals surface area contributed by atoms with Crippen LogP contribution in [0.3, 0.4) is 0 Å². The van der Waals surface area contributed by atoms with Crippen molar-refractivity contribution >= 4 is 17.9 Å². The highest BCUT2D eigenvalue weighted by Gasteiger charge is 2.15. The fourth-order valence-corrected chi connectivity index (χ4v) is 1.74. The second-order valence-electron chi connectivity index (χ2n) is 4.06. The van der Waals surface area contributed by atoms with E-state index in [0.717, 1.165) is 6.07 Å². The summed E-state index contributed by atoms with van der Waals surface area (Å²) < 4.78 is 5.47. The van der Waals surface area contributed by atoms with Crippen molar-refractivity contribution in [2.24, 2.45) is 5.73 Å². The molecule has 2 aromatic rings. The molecule has 0 aliphatic heterocycles. The van der Waals surface area contributed by atoms with Crippen molar-refractivity contribution in [1.29, 1.82) is 0 Å². The Morgan fingerprint density at radius 1 is 1.24 bits per heavy atom. The Kier molecular flexibility index (Phi) is 3.94. The summed E-state index contributed by atoms with van der Waals surface area (Å²) in [6.07, 6.45) is 0.366. The Morgan fingerprint density at radius 3 is 2.57 bits per heavy atom. The Bertz CT molecular complexity index is 727. The van der Waals surface area contributed by atoms with E-state index in [1.54, 1.807) is 12.1 Å². The van der Waals surface area contributed by atoms with Crippen molar-refractivity contribution in [2.75, 3.05) is 0 Å². The minimum Gasteiger partial charge on any atom is -0.457 e. The van der Waals surface area contributed by atoms with Crippen molar-refractivity contribution < 1.29 is 19.2 Å². The van der Waals surface area contributed by atoms with E-state index in [1.165, 1.54) is 24.3 Å². The van der Waals surface area contributed by atoms with Crippen molar-refractivity contribution in [3.8, 4) is 11.5 Å². The van der Waals surface area contributed by atoms with E-state index in [0.29, 0.717) is 6.29 Å². The number of nitrogens with zero attached hydrogens (tertiary/aromatic N) is 1. The molecule has 0 atom stereocenters. The summed E-state index contributed by atoms with van der Waals surface area (Å²) in [6.45, 7) is 0. The van der Waals surface area contributed by atoms with Gasteiger partial charge in [0.1, 0.15) is 11.5 Å². The molecular formula is C14H10N2O5. The number of nitro benzene ring substituents is 1. The molecule has 106 valence electrons. The lowest BCUT2D eigenvalue weighted by Gasteiger charge is -2.09. The van der Waals surface area contributed by atoms with Crippen molar-refractivity contribution in [3.63, 3.8) is 0 Å². The summed E-state index contributed by atoms with van der Waals surface area (Å²) in [5.74, 6) is -0.268. The first-order chi connectivity index (χ1) is 10.0. The van der Waals surface area contributed by atoms with E-state index in [1.807, 2.05) is 0 Å². The Morgan fingerprint density at radius 2 is 1.95 bits per heavy atom. The van der Waals surface area contributed by atoms with E-state index in [9.17, 15) is 19.7 Å². The summed E-state index contributed by atoms with van der Waals surface area (Å²) in [4.78, 5) is 32.2. The topological polar surface area (TPSA) is 113 Å². The molecule has 0 radical (unpaired) electrons. The fraction of sp³-hybridized carbons (Fsp3) is 0. The second-order valence-corrected chi connectivity index (χ2v) is 4.06. The number of carbonyl (C=O) groups is 2. The normalized spacial score (nSPS) is 9.90. The third-order valence-electron chi connectivity index (χ3n) is 2.70. The number of ether oxygens (including phenoxy) is 1. The largest absolute Gasteiger partial charge is 0.457 e. The average molecular weight is 286 g/mol. The molecule has 2 aromatic carbocycles. The molecule has 21 heavy (non-hydrogen) atoms. The van der Waals surface area contributed by atoms with E-state index in [-0.39, 0.29) is 28.3 Å². The third-order valence-corrected chi connectivity index (χ3v) is 2.70. The minimum absolute atomic E-state index is 0.117. The van der Waals surface area contributed by atoms with Crippen LogP contribution >= 0.6 is 0 Å². The van der Waals surface area contributed by atoms with Crippen LogP contribution in [0.2, 0.25) is 0 Å². The summed E-state index contributed by atoms with van der Waals surface area (Å²) >= 11 is 0. The molecule has 2 N–H and O–H groups in total. The van der Waals surface area contributed by atoms with Crippen LogP contribution in [0, 0.1) is 10.1 Å². The smallest absolute Gasteiger partial charge is 0.280 e. The van der Waals surface area contributed by atoms with Crippen LogP contribution in [0.4, 0.5) is 5.69 Å². The van der Waals surface area contributed by atoms with E-state index >= 15 is 0 Å². The number of aldehydes is 1. The molecular weight excluding hydrogens is 276 g/mol. The molecule has 2 rings (SSSR count). The number of hydrogen-bond acceptors (Lipinski definition) is 5. The number of primary amides is 1. The summed E-state index contributed by atoms with van der Waals surface area (Å²) in [6, 6.07) is 10.0. The van der Waals surface area contributed by atoms with Gasteiger partial charge in [-0.25, -0.2) is 0 Å². The maximum Gasteiger partial charge on any atom is 0.280 e. The lowest BCUT2D eigenvalue weighted by atomic mass is 10.1. The number of nitro groups is 1. The number of benzene rings is 2. The molecule has 0 saturated heterocycles. The summed E-state index contributed by atoms with van der Waals surface area (Å²) in [5.41, 5.74) is 4.96. The first-order valence-corrected chi connectivity index (χ1v) is 5.83. The number of carbonyl (C=O) groups excluding carboxylic acids is 2. The van der Waals surface area contributed by atoms with Gasteiger partial charge in [-0.1, -0.05) is 12.1 Å². The predicted molar refractivity (Wildman–Crippen MR) is 73.5 cm³/mol. The van der Waals surface area contributed by atoms with Crippen LogP contribution in [0.1, 0.15) is 20.7 Å². The van der Waals surface area contributed by atoms with Gasteiger partial charge in [0.05, 0.1) is 16.1 Å². The zero-order valence-corrected chi connectivity index (χ0v) is 10.7. The first-order valence-electron chi connectivity index (χ1n) is 5.83. The van der Waals surface area contributed by atoms with Gasteiger partial charge in [0, 0.05) is 6.07 Å². The van der Waals surface area contributed by atoms with Gasteiger partial charge in [0.25, 0.3) is 11.6 Å². The zero-order chi connectivity index (χ0) is 15.4. The maximum atomic E-state index is 11.3. The van der Waals surface area contributed by atoms with Gasteiger partial charge < -0.3 is 10.5 Å². The lowest BCUT2D eigenvalue weighted by molar-refractivity contribution is -0.385. The quantitative estimate of drug-likeness (QED) is 0.514. The molecule has 0 heterocycles. The zero-order valence-electron chi connectivity index (χ0n) is 10.7. The van der Waals surface area contributed by atoms with Gasteiger partial charge in [0.2, 0.25) is 0 Å². The van der Waals surface area contributed by atoms with Crippen molar-refractivity contribution in [3.05, 3.63) is 63.7 Å². The number of hydrogen-bond donors (Lipinski definition) is 1. The monoisotopic (exact) mass is 286 g/mol. The van der Waals surface area contributed by atoms with E-state index in [2.05, 4.69) is 0 Å². The number of rotatable bonds is 5. The Hall–Kier alpha value is -3.22. The summed E-state index contributed by atoms with van der Waals surface area (Å²) in [5, 5.41) is 10.7. The molecule has 0 saturated carbocycles. The van der Waals surface area contributed by atoms with Crippen LogP contribution < -0.4 is 10.5 Å². The molecule has 0 bridgehead atoms. The average Bonchev–Trinajstić information content (AvgIpc) is 2.47. The van der Waals surface area contributed by atoms with Gasteiger partial charge in [0.15, 0.2) is 6.29 Å². The third kappa shape index (κ3) is 3.03. The molecule has 0 aliphatic carbocycles. The minimum atomic E-state index is -0.664. The molecule has 0 fully saturated rings. The van der Waals surface area contributed by atoms with Crippen LogP contribution in [0.5, 0.6) is 11.5 Å². The molecule has 0 aromatic heterocycles. The first kappa shape index (κ1) is 14.2. The molecule has 0 unspecified atom stereocenters. The van der Waals surface area contributed by atoms with Gasteiger partial charge in [-0.2, -0.15) is 0 Å². The van der Waals surface area contributed by atoms with Gasteiger partial charge in [-0.3, -0.25) is 19.7 Å². The number of nitrogens with two attached hydrogens (primary N) is 1. The van der Waals surface area contributed by atoms with Gasteiger partial charge in [-0.15, -0.1) is 0 Å². The van der Waals surface area contributed by atoms with Crippen molar-refractivity contribution in [1.82, 2.24) is 0 Å². The predicted octanol–water partition coefficient (Wildman–Crippen LogP) is 2.30. The Balaban J connectivity index is 2.39. The fourth-order valence-electron chi connectivity index (χ4n) is 1.74. The highest BCUT2D eigenvalue weighted by molar-refractivity contribution is 5.95. The van der Waals surface area contributed by atoms with E-state index < -0.39 is 10.8 Å². The lowest BCUT2D eigenvalue weighted by Crippen LogP contribution is -2.12. The maximum absolute atomic E-state index is 11.3. The number of para-hydroxylation sites is 1. The molecule has 0 spiro atoms. The molecule has 1 amide bonds. The standard InChI is InChI=1S/C14H10N2O5/c15-14(18)11-3-1-2-4-13(11)21-10-5-6-12(16(19)20)9(7-10)8-17/h1-8H,(H2,15,18). The molecule has 7 heteroatoms. The van der Waals surface area contributed by atoms with Crippen LogP contribution in [-0.2, 0) is 0 Å². The number of amides is 1. The van der Waals surface area contributed by atoms with E-state index in [4.69, 9.17) is 10.5 Å². The highest BCUT2D eigenvalue weighted by Crippen LogP contribution is 2.28. The molecule has 7 nitrogen and oxygen atoms in total. The highest BCUT2D eigenvalue weighted by atomic mass is 16.6. The SMILES string of the molecule is NC(=O)c1ccccc1Oc1ccc([N+](=O)[O-])c(C=O)c1. The van der Waals surface area contributed by atoms with Crippen molar-refractivity contribution in [2.45, 2.75) is 0 Å². The summed E-state index contributed by atoms with van der Waals surface area (Å²) in [7, 11) is 0. The second kappa shape index (κ2) is 5.83. The van der Waals surface area contributed by atoms with Gasteiger partial charge in [-0.05, 0) is 24.3 Å². The van der Waals surface area contributed by atoms with Gasteiger partial charge >= 0.3 is 0 Å². The van der Waals surface area contributed by atoms with Crippen LogP contribution in [0.25, 0.3) is 0 Å². The molecule has 0 aliphatic rings. The van der Waals surface area contributed by atoms with Crippen LogP contribution in [-0.4, -0.2) is 17.1 Å².